The quantitative estimate of drug-likeness (QED) is 0.311. The van der Waals surface area contributed by atoms with Crippen molar-refractivity contribution in [3.05, 3.63) is 66.6 Å². The van der Waals surface area contributed by atoms with Crippen molar-refractivity contribution in [2.24, 2.45) is 0 Å². The summed E-state index contributed by atoms with van der Waals surface area (Å²) in [5.74, 6) is 3.05. The van der Waals surface area contributed by atoms with Gasteiger partial charge >= 0.3 is 0 Å². The highest BCUT2D eigenvalue weighted by atomic mass is 16.5. The van der Waals surface area contributed by atoms with Gasteiger partial charge in [0.05, 0.1) is 22.8 Å². The summed E-state index contributed by atoms with van der Waals surface area (Å²) in [7, 11) is 4.11. The molecule has 0 spiro atoms. The van der Waals surface area contributed by atoms with Gasteiger partial charge in [-0.3, -0.25) is 9.55 Å². The Morgan fingerprint density at radius 3 is 2.73 bits per heavy atom. The molecule has 190 valence electrons. The monoisotopic (exact) mass is 497 g/mol. The van der Waals surface area contributed by atoms with Crippen LogP contribution in [0.4, 0.5) is 11.6 Å². The van der Waals surface area contributed by atoms with Crippen LogP contribution in [0, 0.1) is 0 Å². The van der Waals surface area contributed by atoms with Crippen LogP contribution in [0.2, 0.25) is 0 Å². The van der Waals surface area contributed by atoms with Gasteiger partial charge in [0.15, 0.2) is 0 Å². The molecule has 0 saturated carbocycles. The van der Waals surface area contributed by atoms with Gasteiger partial charge in [-0.15, -0.1) is 0 Å². The molecule has 5 aromatic rings. The second-order valence-corrected chi connectivity index (χ2v) is 9.52. The summed E-state index contributed by atoms with van der Waals surface area (Å²) in [4.78, 5) is 24.6. The topological polar surface area (TPSA) is 120 Å². The summed E-state index contributed by atoms with van der Waals surface area (Å²) < 4.78 is 8.09. The summed E-state index contributed by atoms with van der Waals surface area (Å²) in [6.45, 7) is 6.26. The third kappa shape index (κ3) is 5.29. The SMILES string of the molecule is CC(C)c1nc(NCCN(C)C)c2ccc(OCc3cncc(-n4ccc5c(N)ncnc54)c3)cc2n1. The largest absolute Gasteiger partial charge is 0.489 e. The molecule has 0 amide bonds. The summed E-state index contributed by atoms with van der Waals surface area (Å²) in [6, 6.07) is 9.86. The zero-order valence-corrected chi connectivity index (χ0v) is 21.5. The molecule has 3 N–H and O–H groups in total. The van der Waals surface area contributed by atoms with Crippen LogP contribution in [0.3, 0.4) is 0 Å². The first-order valence-corrected chi connectivity index (χ1v) is 12.2. The molecular weight excluding hydrogens is 466 g/mol. The van der Waals surface area contributed by atoms with Crippen LogP contribution in [-0.4, -0.2) is 61.6 Å². The molecule has 10 heteroatoms. The number of likely N-dealkylation sites (N-methyl/N-ethyl adjacent to an activating group) is 1. The Labute approximate surface area is 215 Å². The van der Waals surface area contributed by atoms with Crippen LogP contribution in [-0.2, 0) is 6.61 Å². The van der Waals surface area contributed by atoms with Gasteiger partial charge in [0, 0.05) is 48.4 Å². The normalized spacial score (nSPS) is 11.6. The first-order chi connectivity index (χ1) is 17.9. The number of pyridine rings is 1. The summed E-state index contributed by atoms with van der Waals surface area (Å²) in [6.07, 6.45) is 6.96. The van der Waals surface area contributed by atoms with E-state index in [4.69, 9.17) is 20.4 Å². The minimum Gasteiger partial charge on any atom is -0.489 e. The molecule has 0 atom stereocenters. The maximum absolute atomic E-state index is 6.15. The van der Waals surface area contributed by atoms with E-state index in [1.165, 1.54) is 6.33 Å². The minimum atomic E-state index is 0.211. The zero-order valence-electron chi connectivity index (χ0n) is 21.5. The lowest BCUT2D eigenvalue weighted by Gasteiger charge is -2.15. The van der Waals surface area contributed by atoms with E-state index in [1.807, 2.05) is 41.1 Å². The van der Waals surface area contributed by atoms with E-state index in [9.17, 15) is 0 Å². The predicted molar refractivity (Wildman–Crippen MR) is 146 cm³/mol. The molecule has 10 nitrogen and oxygen atoms in total. The molecule has 0 aliphatic carbocycles. The molecule has 1 aromatic carbocycles. The molecule has 0 bridgehead atoms. The standard InChI is InChI=1S/C27H31N9O/c1-17(2)25-33-23-12-20(5-6-21(23)26(34-25)30-8-10-35(3)4)37-15-18-11-19(14-29-13-18)36-9-7-22-24(28)31-16-32-27(22)36/h5-7,9,11-14,16-17H,8,10,15H2,1-4H3,(H2,28,31,32)(H,30,33,34). The number of benzene rings is 1. The molecule has 0 fully saturated rings. The van der Waals surface area contributed by atoms with E-state index >= 15 is 0 Å². The molecule has 0 saturated heterocycles. The summed E-state index contributed by atoms with van der Waals surface area (Å²) in [5, 5.41) is 5.24. The van der Waals surface area contributed by atoms with Gasteiger partial charge in [0.1, 0.15) is 41.8 Å². The number of anilines is 2. The summed E-state index contributed by atoms with van der Waals surface area (Å²) >= 11 is 0. The van der Waals surface area contributed by atoms with E-state index in [2.05, 4.69) is 53.1 Å². The van der Waals surface area contributed by atoms with Crippen molar-refractivity contribution < 1.29 is 4.74 Å². The van der Waals surface area contributed by atoms with Crippen LogP contribution >= 0.6 is 0 Å². The van der Waals surface area contributed by atoms with Gasteiger partial charge in [-0.1, -0.05) is 13.8 Å². The van der Waals surface area contributed by atoms with Crippen LogP contribution in [0.15, 0.2) is 55.2 Å². The van der Waals surface area contributed by atoms with Gasteiger partial charge in [0.2, 0.25) is 0 Å². The average molecular weight is 498 g/mol. The zero-order chi connectivity index (χ0) is 25.9. The molecule has 0 aliphatic rings. The number of nitrogen functional groups attached to an aromatic ring is 1. The number of nitrogens with two attached hydrogens (primary N) is 1. The third-order valence-electron chi connectivity index (χ3n) is 6.03. The molecule has 0 radical (unpaired) electrons. The maximum atomic E-state index is 6.15. The molecule has 37 heavy (non-hydrogen) atoms. The number of nitrogens with one attached hydrogen (secondary N) is 1. The van der Waals surface area contributed by atoms with Crippen LogP contribution in [0.25, 0.3) is 27.6 Å². The lowest BCUT2D eigenvalue weighted by atomic mass is 10.1. The molecule has 0 unspecified atom stereocenters. The molecule has 5 rings (SSSR count). The second-order valence-electron chi connectivity index (χ2n) is 9.52. The Kier molecular flexibility index (Phi) is 6.82. The Morgan fingerprint density at radius 2 is 1.92 bits per heavy atom. The fourth-order valence-corrected chi connectivity index (χ4v) is 4.04. The van der Waals surface area contributed by atoms with Crippen molar-refractivity contribution in [3.63, 3.8) is 0 Å². The number of aromatic nitrogens is 6. The van der Waals surface area contributed by atoms with Crippen molar-refractivity contribution in [3.8, 4) is 11.4 Å². The first kappa shape index (κ1) is 24.4. The molecular formula is C27H31N9O. The van der Waals surface area contributed by atoms with Gasteiger partial charge in [-0.25, -0.2) is 19.9 Å². The van der Waals surface area contributed by atoms with E-state index in [0.29, 0.717) is 12.4 Å². The Hall–Kier alpha value is -4.31. The van der Waals surface area contributed by atoms with Crippen LogP contribution in [0.5, 0.6) is 5.75 Å². The average Bonchev–Trinajstić information content (AvgIpc) is 3.32. The van der Waals surface area contributed by atoms with Crippen LogP contribution < -0.4 is 15.8 Å². The van der Waals surface area contributed by atoms with Crippen molar-refractivity contribution in [1.29, 1.82) is 0 Å². The number of hydrogen-bond acceptors (Lipinski definition) is 9. The highest BCUT2D eigenvalue weighted by Crippen LogP contribution is 2.27. The third-order valence-corrected chi connectivity index (χ3v) is 6.03. The van der Waals surface area contributed by atoms with E-state index < -0.39 is 0 Å². The van der Waals surface area contributed by atoms with E-state index in [0.717, 1.165) is 63.7 Å². The number of ether oxygens (including phenoxy) is 1. The second kappa shape index (κ2) is 10.4. The number of rotatable bonds is 9. The number of nitrogens with zero attached hydrogens (tertiary/aromatic N) is 7. The predicted octanol–water partition coefficient (Wildman–Crippen LogP) is 4.02. The highest BCUT2D eigenvalue weighted by Gasteiger charge is 2.12. The van der Waals surface area contributed by atoms with Gasteiger partial charge < -0.3 is 20.7 Å². The highest BCUT2D eigenvalue weighted by molar-refractivity contribution is 5.90. The smallest absolute Gasteiger partial charge is 0.150 e. The minimum absolute atomic E-state index is 0.211. The Balaban J connectivity index is 1.37. The molecule has 0 aliphatic heterocycles. The van der Waals surface area contributed by atoms with Crippen molar-refractivity contribution in [1.82, 2.24) is 34.4 Å². The fourth-order valence-electron chi connectivity index (χ4n) is 4.04. The number of fused-ring (bicyclic) bond motifs is 2. The van der Waals surface area contributed by atoms with Gasteiger partial charge in [-0.05, 0) is 38.4 Å². The maximum Gasteiger partial charge on any atom is 0.150 e. The summed E-state index contributed by atoms with van der Waals surface area (Å²) in [5.41, 5.74) is 9.37. The van der Waals surface area contributed by atoms with Gasteiger partial charge in [0.25, 0.3) is 0 Å². The van der Waals surface area contributed by atoms with E-state index in [-0.39, 0.29) is 5.92 Å². The molecule has 4 heterocycles. The van der Waals surface area contributed by atoms with Crippen molar-refractivity contribution >= 4 is 33.6 Å². The lowest BCUT2D eigenvalue weighted by molar-refractivity contribution is 0.306. The Bertz CT molecular complexity index is 1540. The lowest BCUT2D eigenvalue weighted by Crippen LogP contribution is -2.21. The van der Waals surface area contributed by atoms with Crippen molar-refractivity contribution in [2.45, 2.75) is 26.4 Å². The van der Waals surface area contributed by atoms with Crippen LogP contribution in [0.1, 0.15) is 31.2 Å². The Morgan fingerprint density at radius 1 is 1.05 bits per heavy atom. The number of hydrogen-bond donors (Lipinski definition) is 2. The van der Waals surface area contributed by atoms with E-state index in [1.54, 1.807) is 12.4 Å². The molecule has 4 aromatic heterocycles. The fraction of sp³-hybridized carbons (Fsp3) is 0.296. The van der Waals surface area contributed by atoms with Crippen molar-refractivity contribution in [2.75, 3.05) is 38.2 Å². The first-order valence-electron chi connectivity index (χ1n) is 12.2. The van der Waals surface area contributed by atoms with Gasteiger partial charge in [-0.2, -0.15) is 0 Å².